The third-order valence-corrected chi connectivity index (χ3v) is 3.13. The average molecular weight is 195 g/mol. The van der Waals surface area contributed by atoms with E-state index in [1.54, 1.807) is 0 Å². The highest BCUT2D eigenvalue weighted by Gasteiger charge is 2.23. The van der Waals surface area contributed by atoms with Crippen molar-refractivity contribution in [3.8, 4) is 0 Å². The van der Waals surface area contributed by atoms with Crippen molar-refractivity contribution in [2.75, 3.05) is 13.1 Å². The van der Waals surface area contributed by atoms with E-state index >= 15 is 0 Å². The van der Waals surface area contributed by atoms with Gasteiger partial charge in [-0.3, -0.25) is 0 Å². The summed E-state index contributed by atoms with van der Waals surface area (Å²) in [5.74, 6) is 0.908. The topological polar surface area (TPSA) is 3.24 Å². The van der Waals surface area contributed by atoms with Gasteiger partial charge in [0.1, 0.15) is 0 Å². The Hall–Kier alpha value is -0.460. The zero-order valence-corrected chi connectivity index (χ0v) is 10.3. The van der Waals surface area contributed by atoms with Crippen LogP contribution in [-0.2, 0) is 0 Å². The standard InChI is InChI=1S/C13H25N/c1-11(2)14-9-7-12(10-14)6-8-13(3,4)5/h12H,1,6-10H2,2-5H3. The number of hydrogen-bond acceptors (Lipinski definition) is 1. The first kappa shape index (κ1) is 11.6. The van der Waals surface area contributed by atoms with E-state index in [1.165, 1.54) is 38.0 Å². The molecule has 1 heterocycles. The van der Waals surface area contributed by atoms with Crippen LogP contribution in [0, 0.1) is 11.3 Å². The van der Waals surface area contributed by atoms with Crippen molar-refractivity contribution in [3.63, 3.8) is 0 Å². The molecule has 82 valence electrons. The van der Waals surface area contributed by atoms with Crippen molar-refractivity contribution in [1.29, 1.82) is 0 Å². The molecule has 1 heteroatoms. The molecule has 0 aromatic rings. The largest absolute Gasteiger partial charge is 0.375 e. The summed E-state index contributed by atoms with van der Waals surface area (Å²) >= 11 is 0. The molecule has 1 rings (SSSR count). The van der Waals surface area contributed by atoms with Gasteiger partial charge in [-0.2, -0.15) is 0 Å². The molecule has 0 amide bonds. The summed E-state index contributed by atoms with van der Waals surface area (Å²) in [6, 6.07) is 0. The van der Waals surface area contributed by atoms with Gasteiger partial charge in [0.25, 0.3) is 0 Å². The predicted octanol–water partition coefficient (Wildman–Crippen LogP) is 3.67. The molecule has 1 fully saturated rings. The number of likely N-dealkylation sites (tertiary alicyclic amines) is 1. The summed E-state index contributed by atoms with van der Waals surface area (Å²) in [4.78, 5) is 2.42. The second kappa shape index (κ2) is 4.37. The van der Waals surface area contributed by atoms with E-state index in [0.717, 1.165) is 5.92 Å². The minimum atomic E-state index is 0.497. The van der Waals surface area contributed by atoms with Gasteiger partial charge in [0, 0.05) is 18.8 Å². The normalized spacial score (nSPS) is 22.9. The molecule has 0 aromatic carbocycles. The molecular weight excluding hydrogens is 170 g/mol. The van der Waals surface area contributed by atoms with Crippen LogP contribution in [0.25, 0.3) is 0 Å². The number of rotatable bonds is 3. The Morgan fingerprint density at radius 2 is 2.07 bits per heavy atom. The Balaban J connectivity index is 2.26. The summed E-state index contributed by atoms with van der Waals surface area (Å²) in [7, 11) is 0. The van der Waals surface area contributed by atoms with Gasteiger partial charge in [0.2, 0.25) is 0 Å². The van der Waals surface area contributed by atoms with E-state index < -0.39 is 0 Å². The highest BCUT2D eigenvalue weighted by atomic mass is 15.1. The minimum Gasteiger partial charge on any atom is -0.375 e. The van der Waals surface area contributed by atoms with Gasteiger partial charge in [-0.1, -0.05) is 27.4 Å². The lowest BCUT2D eigenvalue weighted by Gasteiger charge is -2.21. The van der Waals surface area contributed by atoms with Gasteiger partial charge in [-0.25, -0.2) is 0 Å². The van der Waals surface area contributed by atoms with Gasteiger partial charge in [-0.05, 0) is 37.5 Å². The van der Waals surface area contributed by atoms with Crippen LogP contribution >= 0.6 is 0 Å². The van der Waals surface area contributed by atoms with E-state index in [4.69, 9.17) is 0 Å². The fourth-order valence-electron chi connectivity index (χ4n) is 2.05. The molecule has 1 aliphatic heterocycles. The quantitative estimate of drug-likeness (QED) is 0.664. The number of hydrogen-bond donors (Lipinski definition) is 0. The SMILES string of the molecule is C=C(C)N1CCC(CCC(C)(C)C)C1. The van der Waals surface area contributed by atoms with Crippen LogP contribution in [0.1, 0.15) is 47.0 Å². The maximum absolute atomic E-state index is 4.01. The van der Waals surface area contributed by atoms with Crippen LogP contribution in [0.4, 0.5) is 0 Å². The molecular formula is C13H25N. The zero-order chi connectivity index (χ0) is 10.8. The van der Waals surface area contributed by atoms with E-state index in [2.05, 4.69) is 39.2 Å². The molecule has 1 unspecified atom stereocenters. The van der Waals surface area contributed by atoms with Gasteiger partial charge < -0.3 is 4.90 Å². The Kier molecular flexibility index (Phi) is 3.63. The summed E-state index contributed by atoms with van der Waals surface area (Å²) in [6.45, 7) is 15.6. The van der Waals surface area contributed by atoms with E-state index in [9.17, 15) is 0 Å². The third kappa shape index (κ3) is 3.73. The second-order valence-electron chi connectivity index (χ2n) is 5.94. The van der Waals surface area contributed by atoms with Crippen molar-refractivity contribution in [2.45, 2.75) is 47.0 Å². The van der Waals surface area contributed by atoms with Gasteiger partial charge in [0.15, 0.2) is 0 Å². The Labute approximate surface area is 89.2 Å². The summed E-state index contributed by atoms with van der Waals surface area (Å²) in [5, 5.41) is 0. The average Bonchev–Trinajstić information content (AvgIpc) is 2.47. The maximum Gasteiger partial charge on any atom is 0.0203 e. The first-order valence-electron chi connectivity index (χ1n) is 5.79. The number of allylic oxidation sites excluding steroid dienone is 1. The fraction of sp³-hybridized carbons (Fsp3) is 0.846. The molecule has 0 radical (unpaired) electrons. The molecule has 1 aliphatic rings. The van der Waals surface area contributed by atoms with Gasteiger partial charge in [0.05, 0.1) is 0 Å². The second-order valence-corrected chi connectivity index (χ2v) is 5.94. The molecule has 0 aliphatic carbocycles. The summed E-state index contributed by atoms with van der Waals surface area (Å²) in [6.07, 6.45) is 4.10. The maximum atomic E-state index is 4.01. The Morgan fingerprint density at radius 3 is 2.50 bits per heavy atom. The Morgan fingerprint density at radius 1 is 1.43 bits per heavy atom. The summed E-state index contributed by atoms with van der Waals surface area (Å²) < 4.78 is 0. The van der Waals surface area contributed by atoms with Crippen LogP contribution in [0.15, 0.2) is 12.3 Å². The summed E-state index contributed by atoms with van der Waals surface area (Å²) in [5.41, 5.74) is 1.74. The molecule has 0 aromatic heterocycles. The van der Waals surface area contributed by atoms with Crippen LogP contribution in [0.2, 0.25) is 0 Å². The van der Waals surface area contributed by atoms with Crippen molar-refractivity contribution in [3.05, 3.63) is 12.3 Å². The molecule has 0 saturated carbocycles. The highest BCUT2D eigenvalue weighted by Crippen LogP contribution is 2.29. The number of nitrogens with zero attached hydrogens (tertiary/aromatic N) is 1. The smallest absolute Gasteiger partial charge is 0.0203 e. The fourth-order valence-corrected chi connectivity index (χ4v) is 2.05. The zero-order valence-electron chi connectivity index (χ0n) is 10.3. The molecule has 0 N–H and O–H groups in total. The van der Waals surface area contributed by atoms with Crippen molar-refractivity contribution >= 4 is 0 Å². The first-order valence-corrected chi connectivity index (χ1v) is 5.79. The third-order valence-electron chi connectivity index (χ3n) is 3.13. The predicted molar refractivity (Wildman–Crippen MR) is 63.2 cm³/mol. The van der Waals surface area contributed by atoms with Crippen LogP contribution in [0.3, 0.4) is 0 Å². The van der Waals surface area contributed by atoms with Gasteiger partial charge >= 0.3 is 0 Å². The molecule has 1 saturated heterocycles. The van der Waals surface area contributed by atoms with E-state index in [-0.39, 0.29) is 0 Å². The van der Waals surface area contributed by atoms with E-state index in [0.29, 0.717) is 5.41 Å². The van der Waals surface area contributed by atoms with Crippen LogP contribution in [-0.4, -0.2) is 18.0 Å². The van der Waals surface area contributed by atoms with Crippen molar-refractivity contribution in [1.82, 2.24) is 4.90 Å². The van der Waals surface area contributed by atoms with Crippen LogP contribution in [0.5, 0.6) is 0 Å². The van der Waals surface area contributed by atoms with Crippen LogP contribution < -0.4 is 0 Å². The van der Waals surface area contributed by atoms with Crippen molar-refractivity contribution < 1.29 is 0 Å². The first-order chi connectivity index (χ1) is 6.38. The lowest BCUT2D eigenvalue weighted by Crippen LogP contribution is -2.18. The monoisotopic (exact) mass is 195 g/mol. The molecule has 1 nitrogen and oxygen atoms in total. The molecule has 1 atom stereocenters. The molecule has 0 bridgehead atoms. The van der Waals surface area contributed by atoms with Gasteiger partial charge in [-0.15, -0.1) is 0 Å². The Bertz CT molecular complexity index is 200. The minimum absolute atomic E-state index is 0.497. The molecule has 0 spiro atoms. The lowest BCUT2D eigenvalue weighted by atomic mass is 9.86. The lowest BCUT2D eigenvalue weighted by molar-refractivity contribution is 0.317. The van der Waals surface area contributed by atoms with Crippen molar-refractivity contribution in [2.24, 2.45) is 11.3 Å². The molecule has 14 heavy (non-hydrogen) atoms. The highest BCUT2D eigenvalue weighted by molar-refractivity contribution is 4.93. The van der Waals surface area contributed by atoms with E-state index in [1.807, 2.05) is 0 Å².